The van der Waals surface area contributed by atoms with Crippen LogP contribution in [0.25, 0.3) is 0 Å². The topological polar surface area (TPSA) is 49.4 Å². The van der Waals surface area contributed by atoms with Crippen LogP contribution in [0.3, 0.4) is 0 Å². The van der Waals surface area contributed by atoms with Crippen LogP contribution >= 0.6 is 0 Å². The van der Waals surface area contributed by atoms with Gasteiger partial charge < -0.3 is 10.2 Å². The van der Waals surface area contributed by atoms with Crippen LogP contribution in [-0.2, 0) is 9.59 Å². The third kappa shape index (κ3) is 2.59. The van der Waals surface area contributed by atoms with Crippen LogP contribution in [0.1, 0.15) is 26.2 Å². The number of nitrogens with zero attached hydrogens (tertiary/aromatic N) is 1. The molecule has 1 aliphatic heterocycles. The summed E-state index contributed by atoms with van der Waals surface area (Å²) in [5, 5.41) is 2.51. The van der Waals surface area contributed by atoms with Gasteiger partial charge in [-0.15, -0.1) is 0 Å². The van der Waals surface area contributed by atoms with Gasteiger partial charge in [-0.2, -0.15) is 13.2 Å². The van der Waals surface area contributed by atoms with Gasteiger partial charge in [0.15, 0.2) is 0 Å². The number of nitrogens with one attached hydrogen (secondary N) is 1. The van der Waals surface area contributed by atoms with Gasteiger partial charge in [-0.25, -0.2) is 0 Å². The smallest absolute Gasteiger partial charge is 0.343 e. The van der Waals surface area contributed by atoms with E-state index in [-0.39, 0.29) is 5.92 Å². The Kier molecular flexibility index (Phi) is 3.25. The Labute approximate surface area is 103 Å². The summed E-state index contributed by atoms with van der Waals surface area (Å²) in [4.78, 5) is 24.5. The lowest BCUT2D eigenvalue weighted by Crippen LogP contribution is -2.65. The van der Waals surface area contributed by atoms with Gasteiger partial charge in [-0.05, 0) is 25.2 Å². The molecule has 0 spiro atoms. The van der Waals surface area contributed by atoms with E-state index >= 15 is 0 Å². The maximum Gasteiger partial charge on any atom is 0.406 e. The van der Waals surface area contributed by atoms with Gasteiger partial charge in [-0.1, -0.05) is 6.92 Å². The van der Waals surface area contributed by atoms with Gasteiger partial charge in [0.25, 0.3) is 0 Å². The third-order valence-corrected chi connectivity index (χ3v) is 3.33. The Morgan fingerprint density at radius 2 is 1.94 bits per heavy atom. The number of hydrogen-bond donors (Lipinski definition) is 1. The Morgan fingerprint density at radius 1 is 1.33 bits per heavy atom. The molecule has 2 aliphatic rings. The van der Waals surface area contributed by atoms with Crippen molar-refractivity contribution in [3.05, 3.63) is 0 Å². The number of carbonyl (C=O) groups excluding carboxylic acids is 2. The summed E-state index contributed by atoms with van der Waals surface area (Å²) in [5.74, 6) is -1.19. The monoisotopic (exact) mass is 264 g/mol. The number of rotatable bonds is 3. The molecule has 2 rings (SSSR count). The van der Waals surface area contributed by atoms with Crippen molar-refractivity contribution in [1.82, 2.24) is 10.2 Å². The zero-order valence-corrected chi connectivity index (χ0v) is 9.96. The summed E-state index contributed by atoms with van der Waals surface area (Å²) in [6.45, 7) is 0.322. The molecule has 18 heavy (non-hydrogen) atoms. The maximum atomic E-state index is 12.5. The van der Waals surface area contributed by atoms with Crippen molar-refractivity contribution in [3.8, 4) is 0 Å². The minimum absolute atomic E-state index is 0.117. The lowest BCUT2D eigenvalue weighted by molar-refractivity contribution is -0.175. The SMILES string of the molecule is CCC1NC(=O)C(C2CC2)N(CC(F)(F)F)C1=O. The average molecular weight is 264 g/mol. The number of amides is 2. The summed E-state index contributed by atoms with van der Waals surface area (Å²) in [7, 11) is 0. The highest BCUT2D eigenvalue weighted by molar-refractivity contribution is 5.97. The van der Waals surface area contributed by atoms with E-state index in [9.17, 15) is 22.8 Å². The zero-order valence-electron chi connectivity index (χ0n) is 9.96. The van der Waals surface area contributed by atoms with E-state index in [0.717, 1.165) is 0 Å². The lowest BCUT2D eigenvalue weighted by Gasteiger charge is -2.39. The number of piperazine rings is 1. The molecule has 2 atom stereocenters. The minimum atomic E-state index is -4.47. The molecule has 0 aromatic heterocycles. The van der Waals surface area contributed by atoms with Crippen LogP contribution in [0, 0.1) is 5.92 Å². The van der Waals surface area contributed by atoms with Crippen LogP contribution in [0.5, 0.6) is 0 Å². The molecule has 2 unspecified atom stereocenters. The molecule has 4 nitrogen and oxygen atoms in total. The van der Waals surface area contributed by atoms with Gasteiger partial charge in [0.1, 0.15) is 18.6 Å². The van der Waals surface area contributed by atoms with Crippen LogP contribution < -0.4 is 5.32 Å². The highest BCUT2D eigenvalue weighted by Gasteiger charge is 2.50. The van der Waals surface area contributed by atoms with Gasteiger partial charge in [0.05, 0.1) is 0 Å². The predicted molar refractivity (Wildman–Crippen MR) is 56.5 cm³/mol. The number of halogens is 3. The average Bonchev–Trinajstić information content (AvgIpc) is 3.05. The molecule has 7 heteroatoms. The summed E-state index contributed by atoms with van der Waals surface area (Å²) in [6.07, 6.45) is -2.76. The second-order valence-electron chi connectivity index (χ2n) is 4.83. The van der Waals surface area contributed by atoms with Crippen LogP contribution in [0.15, 0.2) is 0 Å². The molecule has 2 amide bonds. The Morgan fingerprint density at radius 3 is 2.39 bits per heavy atom. The van der Waals surface area contributed by atoms with Crippen LogP contribution in [0.4, 0.5) is 13.2 Å². The zero-order chi connectivity index (χ0) is 13.5. The third-order valence-electron chi connectivity index (χ3n) is 3.33. The van der Waals surface area contributed by atoms with E-state index < -0.39 is 36.6 Å². The van der Waals surface area contributed by atoms with Gasteiger partial charge in [0, 0.05) is 0 Å². The number of alkyl halides is 3. The first-order valence-electron chi connectivity index (χ1n) is 6.01. The van der Waals surface area contributed by atoms with Gasteiger partial charge in [0.2, 0.25) is 11.8 Å². The fourth-order valence-corrected chi connectivity index (χ4v) is 2.32. The van der Waals surface area contributed by atoms with E-state index in [1.165, 1.54) is 0 Å². The van der Waals surface area contributed by atoms with Crippen molar-refractivity contribution in [3.63, 3.8) is 0 Å². The van der Waals surface area contributed by atoms with Crippen LogP contribution in [-0.4, -0.2) is 41.5 Å². The fraction of sp³-hybridized carbons (Fsp3) is 0.818. The first kappa shape index (κ1) is 13.2. The highest BCUT2D eigenvalue weighted by atomic mass is 19.4. The Balaban J connectivity index is 2.21. The van der Waals surface area contributed by atoms with Crippen molar-refractivity contribution in [2.45, 2.75) is 44.4 Å². The van der Waals surface area contributed by atoms with Crippen LogP contribution in [0.2, 0.25) is 0 Å². The molecule has 102 valence electrons. The first-order valence-corrected chi connectivity index (χ1v) is 6.01. The molecule has 0 bridgehead atoms. The van der Waals surface area contributed by atoms with Gasteiger partial charge >= 0.3 is 6.18 Å². The maximum absolute atomic E-state index is 12.5. The standard InChI is InChI=1S/C11H15F3N2O2/c1-2-7-10(18)16(5-11(12,13)14)8(6-3-4-6)9(17)15-7/h6-8H,2-5H2,1H3,(H,15,17). The summed E-state index contributed by atoms with van der Waals surface area (Å²) in [6, 6.07) is -1.77. The van der Waals surface area contributed by atoms with Crippen molar-refractivity contribution >= 4 is 11.8 Å². The van der Waals surface area contributed by atoms with Crippen molar-refractivity contribution in [1.29, 1.82) is 0 Å². The molecular weight excluding hydrogens is 249 g/mol. The molecular formula is C11H15F3N2O2. The van der Waals surface area contributed by atoms with E-state index in [1.54, 1.807) is 6.92 Å². The molecule has 0 aromatic rings. The van der Waals surface area contributed by atoms with E-state index in [1.807, 2.05) is 0 Å². The predicted octanol–water partition coefficient (Wildman–Crippen LogP) is 1.06. The summed E-state index contributed by atoms with van der Waals surface area (Å²) < 4.78 is 37.5. The van der Waals surface area contributed by atoms with Crippen molar-refractivity contribution in [2.24, 2.45) is 5.92 Å². The van der Waals surface area contributed by atoms with Gasteiger partial charge in [-0.3, -0.25) is 9.59 Å². The fourth-order valence-electron chi connectivity index (χ4n) is 2.32. The molecule has 1 aliphatic carbocycles. The summed E-state index contributed by atoms with van der Waals surface area (Å²) in [5.41, 5.74) is 0. The van der Waals surface area contributed by atoms with Crippen molar-refractivity contribution < 1.29 is 22.8 Å². The first-order chi connectivity index (χ1) is 8.33. The molecule has 1 N–H and O–H groups in total. The van der Waals surface area contributed by atoms with Crippen molar-refractivity contribution in [2.75, 3.05) is 6.54 Å². The molecule has 0 aromatic carbocycles. The Hall–Kier alpha value is -1.27. The number of carbonyl (C=O) groups is 2. The normalized spacial score (nSPS) is 29.4. The Bertz CT molecular complexity index is 366. The number of hydrogen-bond acceptors (Lipinski definition) is 2. The summed E-state index contributed by atoms with van der Waals surface area (Å²) >= 11 is 0. The van der Waals surface area contributed by atoms with E-state index in [2.05, 4.69) is 5.32 Å². The second-order valence-corrected chi connectivity index (χ2v) is 4.83. The quantitative estimate of drug-likeness (QED) is 0.828. The molecule has 2 fully saturated rings. The molecule has 0 radical (unpaired) electrons. The van der Waals surface area contributed by atoms with E-state index in [4.69, 9.17) is 0 Å². The molecule has 1 heterocycles. The molecule has 1 saturated heterocycles. The molecule has 1 saturated carbocycles. The minimum Gasteiger partial charge on any atom is -0.343 e. The highest BCUT2D eigenvalue weighted by Crippen LogP contribution is 2.38. The lowest BCUT2D eigenvalue weighted by atomic mass is 10.0. The second kappa shape index (κ2) is 4.44. The largest absolute Gasteiger partial charge is 0.406 e. The van der Waals surface area contributed by atoms with E-state index in [0.29, 0.717) is 24.2 Å².